The third-order valence-corrected chi connectivity index (χ3v) is 6.63. The van der Waals surface area contributed by atoms with Gasteiger partial charge in [0.15, 0.2) is 0 Å². The fourth-order valence-electron chi connectivity index (χ4n) is 3.63. The summed E-state index contributed by atoms with van der Waals surface area (Å²) in [5, 5.41) is 14.3. The second-order valence-corrected chi connectivity index (χ2v) is 12.5. The molecule has 2 N–H and O–H groups in total. The molecule has 1 heterocycles. The number of aromatic nitrogens is 3. The van der Waals surface area contributed by atoms with Gasteiger partial charge in [-0.15, -0.1) is 5.10 Å². The predicted octanol–water partition coefficient (Wildman–Crippen LogP) is 5.50. The Kier molecular flexibility index (Phi) is 19.0. The molecule has 1 aromatic heterocycles. The van der Waals surface area contributed by atoms with Crippen molar-refractivity contribution in [2.24, 2.45) is 23.7 Å². The standard InChI is InChI=1S/C19H39N3O2.C11H21N3/c1-15(2)7-11-20-18(23)9-13-22(17(5)6)14-10-19(24)21-12-8-16(3)4;1-8(2)6-11-7-14(13-12-11)10(5)9(3)4/h15-17H,7-14H2,1-6H3,(H,20,23)(H,21,24);7-10H,6H2,1-5H3. The van der Waals surface area contributed by atoms with Crippen molar-refractivity contribution in [2.75, 3.05) is 26.2 Å². The summed E-state index contributed by atoms with van der Waals surface area (Å²) < 4.78 is 1.97. The van der Waals surface area contributed by atoms with E-state index in [0.29, 0.717) is 61.7 Å². The minimum Gasteiger partial charge on any atom is -0.356 e. The number of rotatable bonds is 17. The maximum absolute atomic E-state index is 11.9. The van der Waals surface area contributed by atoms with Crippen LogP contribution in [0, 0.1) is 23.7 Å². The van der Waals surface area contributed by atoms with E-state index < -0.39 is 0 Å². The van der Waals surface area contributed by atoms with Crippen LogP contribution in [0.3, 0.4) is 0 Å². The van der Waals surface area contributed by atoms with Crippen LogP contribution in [-0.4, -0.2) is 63.9 Å². The average Bonchev–Trinajstić information content (AvgIpc) is 3.25. The fraction of sp³-hybridized carbons (Fsp3) is 0.867. The largest absolute Gasteiger partial charge is 0.356 e. The lowest BCUT2D eigenvalue weighted by Gasteiger charge is -2.26. The molecule has 8 nitrogen and oxygen atoms in total. The van der Waals surface area contributed by atoms with Crippen LogP contribution in [0.1, 0.15) is 114 Å². The molecule has 0 saturated carbocycles. The first-order chi connectivity index (χ1) is 17.7. The van der Waals surface area contributed by atoms with Crippen LogP contribution in [0.5, 0.6) is 0 Å². The molecule has 0 spiro atoms. The Labute approximate surface area is 234 Å². The first kappa shape index (κ1) is 36.0. The zero-order valence-electron chi connectivity index (χ0n) is 26.5. The summed E-state index contributed by atoms with van der Waals surface area (Å²) >= 11 is 0. The Morgan fingerprint density at radius 1 is 0.789 bits per heavy atom. The van der Waals surface area contributed by atoms with Crippen molar-refractivity contribution < 1.29 is 9.59 Å². The lowest BCUT2D eigenvalue weighted by molar-refractivity contribution is -0.121. The van der Waals surface area contributed by atoms with Gasteiger partial charge in [-0.2, -0.15) is 0 Å². The molecular weight excluding hydrogens is 476 g/mol. The summed E-state index contributed by atoms with van der Waals surface area (Å²) in [5.74, 6) is 2.65. The smallest absolute Gasteiger partial charge is 0.221 e. The van der Waals surface area contributed by atoms with Gasteiger partial charge in [-0.05, 0) is 63.7 Å². The number of amides is 2. The van der Waals surface area contributed by atoms with Crippen LogP contribution in [-0.2, 0) is 16.0 Å². The summed E-state index contributed by atoms with van der Waals surface area (Å²) in [6.07, 6.45) is 6.10. The van der Waals surface area contributed by atoms with Crippen LogP contribution in [0.15, 0.2) is 6.20 Å². The average molecular weight is 537 g/mol. The van der Waals surface area contributed by atoms with Crippen molar-refractivity contribution in [3.63, 3.8) is 0 Å². The molecular formula is C30H60N6O2. The van der Waals surface area contributed by atoms with Gasteiger partial charge in [0.25, 0.3) is 0 Å². The molecule has 8 heteroatoms. The highest BCUT2D eigenvalue weighted by atomic mass is 16.2. The molecule has 2 amide bonds. The topological polar surface area (TPSA) is 92.2 Å². The van der Waals surface area contributed by atoms with Crippen molar-refractivity contribution in [3.8, 4) is 0 Å². The van der Waals surface area contributed by atoms with Gasteiger partial charge in [-0.3, -0.25) is 14.5 Å². The van der Waals surface area contributed by atoms with Gasteiger partial charge in [0.05, 0.1) is 11.7 Å². The van der Waals surface area contributed by atoms with E-state index in [2.05, 4.69) is 108 Å². The third-order valence-electron chi connectivity index (χ3n) is 6.63. The molecule has 0 bridgehead atoms. The molecule has 0 saturated heterocycles. The molecule has 0 aliphatic rings. The van der Waals surface area contributed by atoms with Gasteiger partial charge in [0.2, 0.25) is 11.8 Å². The van der Waals surface area contributed by atoms with Crippen LogP contribution in [0.25, 0.3) is 0 Å². The zero-order valence-corrected chi connectivity index (χ0v) is 26.5. The lowest BCUT2D eigenvalue weighted by Crippen LogP contribution is -2.38. The summed E-state index contributed by atoms with van der Waals surface area (Å²) in [6.45, 7) is 26.7. The van der Waals surface area contributed by atoms with Gasteiger partial charge in [-0.25, -0.2) is 4.68 Å². The molecule has 1 aromatic rings. The Morgan fingerprint density at radius 2 is 1.26 bits per heavy atom. The monoisotopic (exact) mass is 536 g/mol. The third kappa shape index (κ3) is 18.3. The molecule has 1 atom stereocenters. The van der Waals surface area contributed by atoms with Crippen molar-refractivity contribution >= 4 is 11.8 Å². The Balaban J connectivity index is 0.000000824. The number of hydrogen-bond donors (Lipinski definition) is 2. The Bertz CT molecular complexity index is 728. The molecule has 0 fully saturated rings. The van der Waals surface area contributed by atoms with Gasteiger partial charge in [0, 0.05) is 51.3 Å². The highest BCUT2D eigenvalue weighted by molar-refractivity contribution is 5.76. The van der Waals surface area contributed by atoms with E-state index in [0.717, 1.165) is 38.0 Å². The van der Waals surface area contributed by atoms with Crippen molar-refractivity contribution in [3.05, 3.63) is 11.9 Å². The first-order valence-electron chi connectivity index (χ1n) is 14.9. The molecule has 222 valence electrons. The molecule has 1 unspecified atom stereocenters. The summed E-state index contributed by atoms with van der Waals surface area (Å²) in [5.41, 5.74) is 1.10. The van der Waals surface area contributed by atoms with Crippen molar-refractivity contribution in [2.45, 2.75) is 120 Å². The number of hydrogen-bond acceptors (Lipinski definition) is 5. The second-order valence-electron chi connectivity index (χ2n) is 12.5. The van der Waals surface area contributed by atoms with E-state index in [1.54, 1.807) is 0 Å². The van der Waals surface area contributed by atoms with Crippen LogP contribution in [0.2, 0.25) is 0 Å². The van der Waals surface area contributed by atoms with E-state index in [4.69, 9.17) is 0 Å². The number of carbonyl (C=O) groups is 2. The molecule has 1 rings (SSSR count). The van der Waals surface area contributed by atoms with Crippen molar-refractivity contribution in [1.29, 1.82) is 0 Å². The second kappa shape index (κ2) is 20.0. The number of nitrogens with zero attached hydrogens (tertiary/aromatic N) is 4. The predicted molar refractivity (Wildman–Crippen MR) is 159 cm³/mol. The van der Waals surface area contributed by atoms with Crippen LogP contribution in [0.4, 0.5) is 0 Å². The molecule has 0 aromatic carbocycles. The normalized spacial score (nSPS) is 12.4. The maximum Gasteiger partial charge on any atom is 0.221 e. The Hall–Kier alpha value is -1.96. The molecule has 38 heavy (non-hydrogen) atoms. The van der Waals surface area contributed by atoms with E-state index in [9.17, 15) is 9.59 Å². The summed E-state index contributed by atoms with van der Waals surface area (Å²) in [7, 11) is 0. The van der Waals surface area contributed by atoms with Gasteiger partial charge >= 0.3 is 0 Å². The van der Waals surface area contributed by atoms with Gasteiger partial charge < -0.3 is 10.6 Å². The van der Waals surface area contributed by atoms with Gasteiger partial charge in [-0.1, -0.05) is 60.6 Å². The van der Waals surface area contributed by atoms with Gasteiger partial charge in [0.1, 0.15) is 0 Å². The van der Waals surface area contributed by atoms with E-state index >= 15 is 0 Å². The zero-order chi connectivity index (χ0) is 29.3. The minimum atomic E-state index is 0.0997. The SMILES string of the molecule is CC(C)CCNC(=O)CCN(CCC(=O)NCCC(C)C)C(C)C.CC(C)Cc1cn(C(C)C(C)C)nn1. The molecule has 0 radical (unpaired) electrons. The maximum atomic E-state index is 11.9. The van der Waals surface area contributed by atoms with E-state index in [-0.39, 0.29) is 11.8 Å². The summed E-state index contributed by atoms with van der Waals surface area (Å²) in [4.78, 5) is 26.0. The molecule has 0 aliphatic heterocycles. The quantitative estimate of drug-likeness (QED) is 0.274. The minimum absolute atomic E-state index is 0.0997. The van der Waals surface area contributed by atoms with Crippen molar-refractivity contribution in [1.82, 2.24) is 30.5 Å². The highest BCUT2D eigenvalue weighted by Crippen LogP contribution is 2.16. The fourth-order valence-corrected chi connectivity index (χ4v) is 3.63. The molecule has 0 aliphatic carbocycles. The Morgan fingerprint density at radius 3 is 1.63 bits per heavy atom. The van der Waals surface area contributed by atoms with E-state index in [1.807, 2.05) is 4.68 Å². The highest BCUT2D eigenvalue weighted by Gasteiger charge is 2.14. The van der Waals surface area contributed by atoms with Crippen LogP contribution >= 0.6 is 0 Å². The number of carbonyl (C=O) groups excluding carboxylic acids is 2. The van der Waals surface area contributed by atoms with Crippen LogP contribution < -0.4 is 10.6 Å². The first-order valence-corrected chi connectivity index (χ1v) is 14.9. The number of nitrogens with one attached hydrogen (secondary N) is 2. The van der Waals surface area contributed by atoms with E-state index in [1.165, 1.54) is 0 Å². The summed E-state index contributed by atoms with van der Waals surface area (Å²) in [6, 6.07) is 0.764. The lowest BCUT2D eigenvalue weighted by atomic mass is 10.1.